The summed E-state index contributed by atoms with van der Waals surface area (Å²) in [5, 5.41) is 11.5. The Bertz CT molecular complexity index is 984. The summed E-state index contributed by atoms with van der Waals surface area (Å²) in [4.78, 5) is 0.982. The summed E-state index contributed by atoms with van der Waals surface area (Å²) in [7, 11) is 4.68. The monoisotopic (exact) mass is 454 g/mol. The van der Waals surface area contributed by atoms with E-state index < -0.39 is 0 Å². The molecule has 0 fully saturated rings. The molecule has 3 aromatic rings. The third kappa shape index (κ3) is 3.67. The number of benzene rings is 1. The van der Waals surface area contributed by atoms with Crippen LogP contribution in [-0.2, 0) is 0 Å². The normalized spacial score (nSPS) is 11.1. The van der Waals surface area contributed by atoms with Gasteiger partial charge in [-0.3, -0.25) is 0 Å². The number of methoxy groups -OCH3 is 3. The Balaban J connectivity index is 2.08. The number of H-pyrrole nitrogens is 1. The fraction of sp³-hybridized carbons (Fsp3) is 0.188. The van der Waals surface area contributed by atoms with Crippen LogP contribution in [0.2, 0.25) is 0 Å². The zero-order valence-electron chi connectivity index (χ0n) is 14.1. The average molecular weight is 455 g/mol. The van der Waals surface area contributed by atoms with Crippen molar-refractivity contribution in [3.63, 3.8) is 0 Å². The van der Waals surface area contributed by atoms with E-state index in [2.05, 4.69) is 31.2 Å². The van der Waals surface area contributed by atoms with Crippen LogP contribution in [-0.4, -0.2) is 42.4 Å². The first-order chi connectivity index (χ1) is 12.6. The van der Waals surface area contributed by atoms with Gasteiger partial charge in [0, 0.05) is 10.4 Å². The molecule has 2 heterocycles. The molecule has 0 radical (unpaired) electrons. The lowest BCUT2D eigenvalue weighted by atomic mass is 10.1. The highest BCUT2D eigenvalue weighted by molar-refractivity contribution is 9.11. The molecule has 10 heteroatoms. The highest BCUT2D eigenvalue weighted by Crippen LogP contribution is 2.40. The van der Waals surface area contributed by atoms with Crippen LogP contribution in [0.4, 0.5) is 0 Å². The lowest BCUT2D eigenvalue weighted by Gasteiger charge is -2.13. The van der Waals surface area contributed by atoms with Crippen molar-refractivity contribution >= 4 is 45.7 Å². The summed E-state index contributed by atoms with van der Waals surface area (Å²) in [6.07, 6.45) is 1.72. The summed E-state index contributed by atoms with van der Waals surface area (Å²) in [6.45, 7) is 0. The van der Waals surface area contributed by atoms with Gasteiger partial charge in [-0.25, -0.2) is 5.10 Å². The number of hydrogen-bond donors (Lipinski definition) is 1. The Morgan fingerprint density at radius 2 is 1.88 bits per heavy atom. The Morgan fingerprint density at radius 3 is 2.42 bits per heavy atom. The van der Waals surface area contributed by atoms with Gasteiger partial charge in [-0.2, -0.15) is 14.9 Å². The molecule has 0 amide bonds. The highest BCUT2D eigenvalue weighted by Gasteiger charge is 2.17. The van der Waals surface area contributed by atoms with Gasteiger partial charge in [-0.1, -0.05) is 0 Å². The molecular weight excluding hydrogens is 440 g/mol. The van der Waals surface area contributed by atoms with Gasteiger partial charge in [0.2, 0.25) is 10.5 Å². The van der Waals surface area contributed by atoms with E-state index in [9.17, 15) is 0 Å². The van der Waals surface area contributed by atoms with Crippen LogP contribution in [0, 0.1) is 4.77 Å². The lowest BCUT2D eigenvalue weighted by Crippen LogP contribution is -1.98. The molecule has 136 valence electrons. The Morgan fingerprint density at radius 1 is 1.19 bits per heavy atom. The van der Waals surface area contributed by atoms with Crippen LogP contribution in [0.3, 0.4) is 0 Å². The number of ether oxygens (including phenoxy) is 3. The molecule has 26 heavy (non-hydrogen) atoms. The number of nitrogens with zero attached hydrogens (tertiary/aromatic N) is 3. The van der Waals surface area contributed by atoms with Gasteiger partial charge in [0.25, 0.3) is 0 Å². The molecule has 7 nitrogen and oxygen atoms in total. The van der Waals surface area contributed by atoms with Crippen LogP contribution >= 0.6 is 39.5 Å². The van der Waals surface area contributed by atoms with Gasteiger partial charge in [0.05, 0.1) is 31.3 Å². The van der Waals surface area contributed by atoms with Gasteiger partial charge < -0.3 is 14.2 Å². The molecule has 0 saturated heterocycles. The summed E-state index contributed by atoms with van der Waals surface area (Å²) in [5.74, 6) is 2.08. The maximum absolute atomic E-state index is 5.40. The minimum atomic E-state index is 0.376. The van der Waals surface area contributed by atoms with Crippen molar-refractivity contribution < 1.29 is 14.2 Å². The molecule has 2 aromatic heterocycles. The molecule has 1 aromatic carbocycles. The lowest BCUT2D eigenvalue weighted by molar-refractivity contribution is 0.324. The van der Waals surface area contributed by atoms with Gasteiger partial charge in [-0.15, -0.1) is 11.3 Å². The van der Waals surface area contributed by atoms with Crippen LogP contribution < -0.4 is 14.2 Å². The number of thiophene rings is 1. The predicted octanol–water partition coefficient (Wildman–Crippen LogP) is 4.34. The molecule has 3 rings (SSSR count). The van der Waals surface area contributed by atoms with E-state index in [1.807, 2.05) is 12.1 Å². The molecule has 0 saturated carbocycles. The van der Waals surface area contributed by atoms with E-state index in [4.69, 9.17) is 26.4 Å². The molecule has 0 aliphatic rings. The molecular formula is C16H15BrN4O3S2. The fourth-order valence-corrected chi connectivity index (χ4v) is 3.78. The van der Waals surface area contributed by atoms with E-state index in [1.54, 1.807) is 55.7 Å². The average Bonchev–Trinajstić information content (AvgIpc) is 3.23. The number of hydrogen-bond acceptors (Lipinski definition) is 7. The number of rotatable bonds is 6. The zero-order valence-corrected chi connectivity index (χ0v) is 17.4. The van der Waals surface area contributed by atoms with Gasteiger partial charge in [-0.05, 0) is 52.4 Å². The first kappa shape index (κ1) is 18.6. The molecule has 0 atom stereocenters. The first-order valence-corrected chi connectivity index (χ1v) is 9.36. The third-order valence-electron chi connectivity index (χ3n) is 3.47. The second-order valence-electron chi connectivity index (χ2n) is 4.96. The quantitative estimate of drug-likeness (QED) is 0.442. The zero-order chi connectivity index (χ0) is 18.7. The van der Waals surface area contributed by atoms with E-state index in [-0.39, 0.29) is 0 Å². The number of nitrogens with one attached hydrogen (secondary N) is 1. The predicted molar refractivity (Wildman–Crippen MR) is 108 cm³/mol. The molecule has 0 spiro atoms. The summed E-state index contributed by atoms with van der Waals surface area (Å²) < 4.78 is 19.1. The van der Waals surface area contributed by atoms with Crippen LogP contribution in [0.5, 0.6) is 17.2 Å². The maximum atomic E-state index is 5.40. The first-order valence-electron chi connectivity index (χ1n) is 7.35. The summed E-state index contributed by atoms with van der Waals surface area (Å²) >= 11 is 10.3. The van der Waals surface area contributed by atoms with E-state index >= 15 is 0 Å². The Labute approximate surface area is 167 Å². The van der Waals surface area contributed by atoms with Crippen LogP contribution in [0.1, 0.15) is 4.88 Å². The number of halogens is 1. The van der Waals surface area contributed by atoms with Crippen molar-refractivity contribution in [3.05, 3.63) is 37.7 Å². The second kappa shape index (κ2) is 8.02. The van der Waals surface area contributed by atoms with E-state index in [0.717, 1.165) is 14.2 Å². The Kier molecular flexibility index (Phi) is 5.74. The van der Waals surface area contributed by atoms with Gasteiger partial charge in [0.1, 0.15) is 0 Å². The second-order valence-corrected chi connectivity index (χ2v) is 7.85. The fourth-order valence-electron chi connectivity index (χ4n) is 2.31. The van der Waals surface area contributed by atoms with Crippen LogP contribution in [0.25, 0.3) is 11.4 Å². The number of aromatic amines is 1. The van der Waals surface area contributed by atoms with Crippen molar-refractivity contribution in [1.82, 2.24) is 14.9 Å². The minimum Gasteiger partial charge on any atom is -0.493 e. The molecule has 0 unspecified atom stereocenters. The summed E-state index contributed by atoms with van der Waals surface area (Å²) in [6, 6.07) is 7.50. The van der Waals surface area contributed by atoms with Crippen molar-refractivity contribution in [1.29, 1.82) is 0 Å². The molecule has 0 bridgehead atoms. The number of aromatic nitrogens is 3. The molecule has 0 aliphatic carbocycles. The highest BCUT2D eigenvalue weighted by atomic mass is 79.9. The molecule has 0 aliphatic heterocycles. The van der Waals surface area contributed by atoms with Crippen molar-refractivity contribution in [3.8, 4) is 28.6 Å². The summed E-state index contributed by atoms with van der Waals surface area (Å²) in [5.41, 5.74) is 0.719. The van der Waals surface area contributed by atoms with Gasteiger partial charge >= 0.3 is 0 Å². The maximum Gasteiger partial charge on any atom is 0.216 e. The SMILES string of the molecule is COc1cc(-c2n[nH]c(=S)n2/N=C\c2ccc(Br)s2)cc(OC)c1OC. The standard InChI is InChI=1S/C16H15BrN4O3S2/c1-22-11-6-9(7-12(23-2)14(11)24-3)15-19-20-16(25)21(15)18-8-10-4-5-13(17)26-10/h4-8H,1-3H3,(H,20,25)/b18-8-. The molecule has 1 N–H and O–H groups in total. The van der Waals surface area contributed by atoms with E-state index in [0.29, 0.717) is 27.8 Å². The van der Waals surface area contributed by atoms with Crippen molar-refractivity contribution in [2.75, 3.05) is 21.3 Å². The van der Waals surface area contributed by atoms with Crippen molar-refractivity contribution in [2.45, 2.75) is 0 Å². The largest absolute Gasteiger partial charge is 0.493 e. The topological polar surface area (TPSA) is 73.7 Å². The Hall–Kier alpha value is -2.17. The van der Waals surface area contributed by atoms with Crippen molar-refractivity contribution in [2.24, 2.45) is 5.10 Å². The van der Waals surface area contributed by atoms with E-state index in [1.165, 1.54) is 0 Å². The minimum absolute atomic E-state index is 0.376. The van der Waals surface area contributed by atoms with Crippen LogP contribution in [0.15, 0.2) is 33.2 Å². The third-order valence-corrected chi connectivity index (χ3v) is 5.29. The smallest absolute Gasteiger partial charge is 0.216 e. The van der Waals surface area contributed by atoms with Gasteiger partial charge in [0.15, 0.2) is 17.3 Å².